The van der Waals surface area contributed by atoms with Crippen LogP contribution in [0.2, 0.25) is 0 Å². The topological polar surface area (TPSA) is 72.6 Å². The Morgan fingerprint density at radius 1 is 1.35 bits per heavy atom. The van der Waals surface area contributed by atoms with E-state index in [1.54, 1.807) is 24.3 Å². The number of allylic oxidation sites excluding steroid dienone is 7. The van der Waals surface area contributed by atoms with Gasteiger partial charge in [0.15, 0.2) is 5.75 Å². The van der Waals surface area contributed by atoms with Gasteiger partial charge in [0, 0.05) is 10.5 Å². The van der Waals surface area contributed by atoms with E-state index < -0.39 is 29.6 Å². The van der Waals surface area contributed by atoms with Crippen molar-refractivity contribution in [2.24, 2.45) is 0 Å². The van der Waals surface area contributed by atoms with Gasteiger partial charge >= 0.3 is 13.2 Å². The molecular weight excluding hydrogens is 375 g/mol. The largest absolute Gasteiger partial charge is 0.796 e. The van der Waals surface area contributed by atoms with Crippen molar-refractivity contribution in [1.82, 2.24) is 0 Å². The first kappa shape index (κ1) is 16.9. The fraction of sp³-hybridized carbons (Fsp3) is 0. The summed E-state index contributed by atoms with van der Waals surface area (Å²) in [6.45, 7) is 0. The minimum Gasteiger partial charge on any atom is -0.507 e. The number of rotatable bonds is 5. The fourth-order valence-electron chi connectivity index (χ4n) is 1.88. The maximum Gasteiger partial charge on any atom is 0.796 e. The van der Waals surface area contributed by atoms with E-state index in [0.29, 0.717) is 0 Å². The fourth-order valence-corrected chi connectivity index (χ4v) is 2.33. The summed E-state index contributed by atoms with van der Waals surface area (Å²) in [7, 11) is -3.26. The van der Waals surface area contributed by atoms with Gasteiger partial charge in [0.25, 0.3) is 0 Å². The summed E-state index contributed by atoms with van der Waals surface area (Å²) < 4.78 is 29.6. The Morgan fingerprint density at radius 3 is 2.57 bits per heavy atom. The Morgan fingerprint density at radius 2 is 2.00 bits per heavy atom. The molecule has 0 radical (unpaired) electrons. The zero-order chi connectivity index (χ0) is 17.0. The molecule has 0 aromatic heterocycles. The second-order valence-corrected chi connectivity index (χ2v) is 5.29. The number of hydrogen-bond acceptors (Lipinski definition) is 4. The number of nitro groups is 1. The second kappa shape index (κ2) is 7.23. The van der Waals surface area contributed by atoms with E-state index in [-0.39, 0.29) is 10.0 Å². The zero-order valence-corrected chi connectivity index (χ0v) is 13.0. The maximum absolute atomic E-state index is 12.6. The molecular formula is C14H9BBrF2NO4. The summed E-state index contributed by atoms with van der Waals surface area (Å²) in [5.74, 6) is -1.14. The highest BCUT2D eigenvalue weighted by molar-refractivity contribution is 9.10. The van der Waals surface area contributed by atoms with Crippen LogP contribution in [0.25, 0.3) is 5.76 Å². The number of aliphatic hydroxyl groups excluding tert-OH is 1. The number of nitrogens with zero attached hydrogens (tertiary/aromatic N) is 1. The normalized spacial score (nSPS) is 13.3. The molecule has 0 amide bonds. The molecule has 118 valence electrons. The number of nitro benzene ring substituents is 1. The lowest BCUT2D eigenvalue weighted by molar-refractivity contribution is -0.385. The van der Waals surface area contributed by atoms with E-state index in [4.69, 9.17) is 0 Å². The van der Waals surface area contributed by atoms with E-state index in [1.807, 2.05) is 0 Å². The van der Waals surface area contributed by atoms with E-state index in [9.17, 15) is 23.9 Å². The highest BCUT2D eigenvalue weighted by Crippen LogP contribution is 2.38. The summed E-state index contributed by atoms with van der Waals surface area (Å²) in [6, 6.07) is 2.28. The van der Waals surface area contributed by atoms with Crippen LogP contribution in [0.15, 0.2) is 58.6 Å². The summed E-state index contributed by atoms with van der Waals surface area (Å²) >= 11 is 3.04. The SMILES string of the molecule is O=[N+]([O-])c1cc(Br)cc(C(O)=CC=C2C=CC=C2)c1OB(F)F. The third-order valence-electron chi connectivity index (χ3n) is 2.84. The van der Waals surface area contributed by atoms with Gasteiger partial charge in [-0.2, -0.15) is 0 Å². The van der Waals surface area contributed by atoms with Crippen LogP contribution in [-0.2, 0) is 0 Å². The highest BCUT2D eigenvalue weighted by Gasteiger charge is 2.29. The van der Waals surface area contributed by atoms with E-state index >= 15 is 0 Å². The number of halogens is 3. The van der Waals surface area contributed by atoms with Gasteiger partial charge in [-0.1, -0.05) is 46.3 Å². The lowest BCUT2D eigenvalue weighted by Gasteiger charge is -2.10. The van der Waals surface area contributed by atoms with Gasteiger partial charge in [0.1, 0.15) is 5.76 Å². The molecule has 0 unspecified atom stereocenters. The Bertz CT molecular complexity index is 745. The predicted octanol–water partition coefficient (Wildman–Crippen LogP) is 4.61. The molecule has 1 aliphatic rings. The number of hydrogen-bond donors (Lipinski definition) is 1. The average Bonchev–Trinajstić information content (AvgIpc) is 2.98. The van der Waals surface area contributed by atoms with Crippen LogP contribution < -0.4 is 4.65 Å². The van der Waals surface area contributed by atoms with Crippen molar-refractivity contribution < 1.29 is 23.3 Å². The van der Waals surface area contributed by atoms with Crippen LogP contribution in [-0.4, -0.2) is 17.5 Å². The smallest absolute Gasteiger partial charge is 0.507 e. The van der Waals surface area contributed by atoms with Crippen molar-refractivity contribution in [1.29, 1.82) is 0 Å². The first-order valence-corrected chi connectivity index (χ1v) is 7.06. The molecule has 0 aliphatic heterocycles. The summed E-state index contributed by atoms with van der Waals surface area (Å²) in [5, 5.41) is 21.1. The van der Waals surface area contributed by atoms with Gasteiger partial charge in [-0.05, 0) is 17.7 Å². The molecule has 0 atom stereocenters. The highest BCUT2D eigenvalue weighted by atomic mass is 79.9. The summed E-state index contributed by atoms with van der Waals surface area (Å²) in [5.41, 5.74) is -0.116. The lowest BCUT2D eigenvalue weighted by Crippen LogP contribution is -2.12. The van der Waals surface area contributed by atoms with Crippen molar-refractivity contribution in [3.8, 4) is 5.75 Å². The molecule has 0 fully saturated rings. The first-order valence-electron chi connectivity index (χ1n) is 6.27. The molecule has 1 N–H and O–H groups in total. The predicted molar refractivity (Wildman–Crippen MR) is 86.4 cm³/mol. The molecule has 0 heterocycles. The van der Waals surface area contributed by atoms with Crippen LogP contribution in [0, 0.1) is 10.1 Å². The standard InChI is InChI=1S/C14H9BBrF2NO4/c16-10-7-11(13(20)6-5-9-3-1-2-4-9)14(23-15(17)18)12(8-10)19(21)22/h1-8,20H. The van der Waals surface area contributed by atoms with Crippen molar-refractivity contribution in [3.05, 3.63) is 74.3 Å². The zero-order valence-electron chi connectivity index (χ0n) is 11.4. The molecule has 9 heteroatoms. The van der Waals surface area contributed by atoms with Crippen LogP contribution in [0.3, 0.4) is 0 Å². The van der Waals surface area contributed by atoms with Crippen LogP contribution in [0.5, 0.6) is 5.75 Å². The Balaban J connectivity index is 2.52. The van der Waals surface area contributed by atoms with Crippen LogP contribution in [0.4, 0.5) is 14.3 Å². The molecule has 2 rings (SSSR count). The first-order chi connectivity index (χ1) is 10.9. The summed E-state index contributed by atoms with van der Waals surface area (Å²) in [6.07, 6.45) is 9.89. The minimum atomic E-state index is -3.26. The second-order valence-electron chi connectivity index (χ2n) is 4.37. The van der Waals surface area contributed by atoms with Crippen molar-refractivity contribution >= 4 is 34.8 Å². The molecule has 23 heavy (non-hydrogen) atoms. The number of benzene rings is 1. The van der Waals surface area contributed by atoms with E-state index in [2.05, 4.69) is 20.6 Å². The quantitative estimate of drug-likeness (QED) is 0.348. The molecule has 1 aromatic carbocycles. The van der Waals surface area contributed by atoms with Gasteiger partial charge in [0.2, 0.25) is 0 Å². The molecule has 5 nitrogen and oxygen atoms in total. The Hall–Kier alpha value is -2.42. The average molecular weight is 384 g/mol. The molecule has 1 aliphatic carbocycles. The van der Waals surface area contributed by atoms with Gasteiger partial charge in [-0.25, -0.2) is 8.63 Å². The van der Waals surface area contributed by atoms with Crippen molar-refractivity contribution in [2.75, 3.05) is 0 Å². The van der Waals surface area contributed by atoms with Crippen LogP contribution >= 0.6 is 15.9 Å². The third-order valence-corrected chi connectivity index (χ3v) is 3.29. The Kier molecular flexibility index (Phi) is 5.33. The van der Waals surface area contributed by atoms with Gasteiger partial charge < -0.3 is 9.76 Å². The van der Waals surface area contributed by atoms with E-state index in [1.165, 1.54) is 18.2 Å². The van der Waals surface area contributed by atoms with Crippen LogP contribution in [0.1, 0.15) is 5.56 Å². The molecule has 0 spiro atoms. The van der Waals surface area contributed by atoms with E-state index in [0.717, 1.165) is 11.6 Å². The molecule has 0 bridgehead atoms. The maximum atomic E-state index is 12.6. The molecule has 1 aromatic rings. The minimum absolute atomic E-state index is 0.214. The van der Waals surface area contributed by atoms with Crippen molar-refractivity contribution in [3.63, 3.8) is 0 Å². The number of aliphatic hydroxyl groups is 1. The molecule has 0 saturated carbocycles. The Labute approximate surface area is 138 Å². The monoisotopic (exact) mass is 383 g/mol. The molecule has 0 saturated heterocycles. The lowest BCUT2D eigenvalue weighted by atomic mass is 10.1. The van der Waals surface area contributed by atoms with Gasteiger partial charge in [0.05, 0.1) is 10.5 Å². The van der Waals surface area contributed by atoms with Gasteiger partial charge in [-0.3, -0.25) is 10.1 Å². The van der Waals surface area contributed by atoms with Crippen molar-refractivity contribution in [2.45, 2.75) is 0 Å². The third kappa shape index (κ3) is 4.29. The summed E-state index contributed by atoms with van der Waals surface area (Å²) in [4.78, 5) is 10.2. The van der Waals surface area contributed by atoms with Gasteiger partial charge in [-0.15, -0.1) is 0 Å².